The average Bonchev–Trinajstić information content (AvgIpc) is 2.67. The number of aromatic nitrogens is 2. The predicted molar refractivity (Wildman–Crippen MR) is 76.3 cm³/mol. The van der Waals surface area contributed by atoms with Crippen LogP contribution in [0.5, 0.6) is 5.75 Å². The summed E-state index contributed by atoms with van der Waals surface area (Å²) in [4.78, 5) is 14.9. The van der Waals surface area contributed by atoms with Gasteiger partial charge in [-0.1, -0.05) is 18.7 Å². The molecule has 0 atom stereocenters. The fourth-order valence-electron chi connectivity index (χ4n) is 1.71. The number of carbonyl (C=O) groups is 1. The SMILES string of the molecule is C=c1/c(=C/c2ccc(O)cc2)nc(/C=C/C(=O)O)n1C. The number of aliphatic carboxylic acids is 1. The topological polar surface area (TPSA) is 75.3 Å². The molecule has 1 aromatic heterocycles. The van der Waals surface area contributed by atoms with Crippen LogP contribution in [-0.4, -0.2) is 25.7 Å². The normalized spacial score (nSPS) is 12.2. The highest BCUT2D eigenvalue weighted by Gasteiger charge is 2.01. The van der Waals surface area contributed by atoms with Crippen molar-refractivity contribution in [3.8, 4) is 5.75 Å². The van der Waals surface area contributed by atoms with Gasteiger partial charge in [0.2, 0.25) is 0 Å². The highest BCUT2D eigenvalue weighted by atomic mass is 16.4. The van der Waals surface area contributed by atoms with Crippen LogP contribution in [0, 0.1) is 0 Å². The maximum Gasteiger partial charge on any atom is 0.328 e. The Morgan fingerprint density at radius 1 is 1.35 bits per heavy atom. The van der Waals surface area contributed by atoms with Crippen LogP contribution < -0.4 is 10.7 Å². The quantitative estimate of drug-likeness (QED) is 0.795. The summed E-state index contributed by atoms with van der Waals surface area (Å²) in [6, 6.07) is 6.69. The van der Waals surface area contributed by atoms with Gasteiger partial charge in [0, 0.05) is 13.1 Å². The summed E-state index contributed by atoms with van der Waals surface area (Å²) in [7, 11) is 1.77. The minimum absolute atomic E-state index is 0.197. The van der Waals surface area contributed by atoms with Crippen molar-refractivity contribution in [2.75, 3.05) is 0 Å². The lowest BCUT2D eigenvalue weighted by atomic mass is 10.2. The smallest absolute Gasteiger partial charge is 0.328 e. The van der Waals surface area contributed by atoms with Crippen molar-refractivity contribution in [3.05, 3.63) is 52.4 Å². The molecule has 2 rings (SSSR count). The molecule has 0 aliphatic carbocycles. The van der Waals surface area contributed by atoms with E-state index in [0.717, 1.165) is 11.6 Å². The monoisotopic (exact) mass is 270 g/mol. The molecule has 2 aromatic rings. The number of benzene rings is 1. The minimum Gasteiger partial charge on any atom is -0.508 e. The first-order valence-corrected chi connectivity index (χ1v) is 5.91. The third kappa shape index (κ3) is 2.95. The fourth-order valence-corrected chi connectivity index (χ4v) is 1.71. The molecule has 0 unspecified atom stereocenters. The van der Waals surface area contributed by atoms with Gasteiger partial charge in [-0.05, 0) is 29.8 Å². The van der Waals surface area contributed by atoms with E-state index in [4.69, 9.17) is 5.11 Å². The largest absolute Gasteiger partial charge is 0.508 e. The van der Waals surface area contributed by atoms with Crippen molar-refractivity contribution in [1.82, 2.24) is 9.55 Å². The summed E-state index contributed by atoms with van der Waals surface area (Å²) in [5.41, 5.74) is 0.875. The number of phenolic OH excluding ortho intramolecular Hbond substituents is 1. The number of phenols is 1. The van der Waals surface area contributed by atoms with Crippen LogP contribution in [0.2, 0.25) is 0 Å². The number of aromatic hydroxyl groups is 1. The van der Waals surface area contributed by atoms with Gasteiger partial charge < -0.3 is 14.8 Å². The lowest BCUT2D eigenvalue weighted by Crippen LogP contribution is -2.27. The second-order valence-electron chi connectivity index (χ2n) is 4.27. The predicted octanol–water partition coefficient (Wildman–Crippen LogP) is 0.463. The highest BCUT2D eigenvalue weighted by Crippen LogP contribution is 2.09. The van der Waals surface area contributed by atoms with E-state index in [1.54, 1.807) is 35.9 Å². The minimum atomic E-state index is -1.03. The van der Waals surface area contributed by atoms with Gasteiger partial charge in [-0.2, -0.15) is 0 Å². The summed E-state index contributed by atoms with van der Waals surface area (Å²) < 4.78 is 1.71. The number of nitrogens with zero attached hydrogens (tertiary/aromatic N) is 2. The molecule has 0 radical (unpaired) electrons. The molecular weight excluding hydrogens is 256 g/mol. The molecule has 0 fully saturated rings. The van der Waals surface area contributed by atoms with Crippen molar-refractivity contribution in [1.29, 1.82) is 0 Å². The van der Waals surface area contributed by atoms with Gasteiger partial charge in [0.05, 0.1) is 10.7 Å². The second kappa shape index (κ2) is 5.44. The van der Waals surface area contributed by atoms with Crippen LogP contribution in [0.1, 0.15) is 11.4 Å². The van der Waals surface area contributed by atoms with E-state index in [2.05, 4.69) is 11.6 Å². The molecular formula is C15H14N2O3. The van der Waals surface area contributed by atoms with E-state index in [-0.39, 0.29) is 5.75 Å². The Kier molecular flexibility index (Phi) is 3.70. The molecule has 1 heterocycles. The third-order valence-electron chi connectivity index (χ3n) is 2.85. The summed E-state index contributed by atoms with van der Waals surface area (Å²) in [5.74, 6) is -0.312. The Morgan fingerprint density at radius 2 is 2.00 bits per heavy atom. The summed E-state index contributed by atoms with van der Waals surface area (Å²) in [6.45, 7) is 3.92. The van der Waals surface area contributed by atoms with E-state index >= 15 is 0 Å². The molecule has 5 heteroatoms. The number of carboxylic acids is 1. The van der Waals surface area contributed by atoms with Gasteiger partial charge in [0.15, 0.2) is 0 Å². The van der Waals surface area contributed by atoms with Gasteiger partial charge in [-0.15, -0.1) is 0 Å². The maximum absolute atomic E-state index is 10.5. The Bertz CT molecular complexity index is 771. The van der Waals surface area contributed by atoms with E-state index < -0.39 is 5.97 Å². The molecule has 2 N–H and O–H groups in total. The van der Waals surface area contributed by atoms with Crippen LogP contribution in [0.3, 0.4) is 0 Å². The van der Waals surface area contributed by atoms with Gasteiger partial charge in [0.25, 0.3) is 0 Å². The van der Waals surface area contributed by atoms with Crippen LogP contribution >= 0.6 is 0 Å². The lowest BCUT2D eigenvalue weighted by Gasteiger charge is -1.93. The maximum atomic E-state index is 10.5. The zero-order valence-corrected chi connectivity index (χ0v) is 10.9. The molecule has 0 amide bonds. The van der Waals surface area contributed by atoms with Gasteiger partial charge in [0.1, 0.15) is 11.6 Å². The van der Waals surface area contributed by atoms with Crippen molar-refractivity contribution < 1.29 is 15.0 Å². The molecule has 0 aliphatic heterocycles. The van der Waals surface area contributed by atoms with Crippen LogP contribution in [0.4, 0.5) is 0 Å². The van der Waals surface area contributed by atoms with Crippen molar-refractivity contribution in [3.63, 3.8) is 0 Å². The summed E-state index contributed by atoms with van der Waals surface area (Å²) in [5, 5.41) is 19.2. The number of rotatable bonds is 3. The van der Waals surface area contributed by atoms with Crippen LogP contribution in [0.25, 0.3) is 18.7 Å². The number of hydrogen-bond donors (Lipinski definition) is 2. The molecule has 0 saturated heterocycles. The Balaban J connectivity index is 2.48. The Labute approximate surface area is 115 Å². The standard InChI is InChI=1S/C15H14N2O3/c1-10-13(9-11-3-5-12(18)6-4-11)16-14(17(10)2)7-8-15(19)20/h3-9,18H,1H2,2H3,(H,19,20)/b8-7+,13-9-. The number of imidazole rings is 1. The van der Waals surface area contributed by atoms with E-state index in [1.807, 2.05) is 6.08 Å². The zero-order valence-electron chi connectivity index (χ0n) is 10.9. The van der Waals surface area contributed by atoms with E-state index in [1.165, 1.54) is 6.08 Å². The molecule has 20 heavy (non-hydrogen) atoms. The number of hydrogen-bond acceptors (Lipinski definition) is 3. The zero-order chi connectivity index (χ0) is 14.7. The molecule has 0 spiro atoms. The first kappa shape index (κ1) is 13.6. The molecule has 0 bridgehead atoms. The van der Waals surface area contributed by atoms with E-state index in [0.29, 0.717) is 16.5 Å². The number of carboxylic acid groups (broad SMARTS) is 1. The second-order valence-corrected chi connectivity index (χ2v) is 4.27. The van der Waals surface area contributed by atoms with E-state index in [9.17, 15) is 9.90 Å². The van der Waals surface area contributed by atoms with Gasteiger partial charge in [-0.25, -0.2) is 9.78 Å². The molecule has 5 nitrogen and oxygen atoms in total. The molecule has 1 aromatic carbocycles. The lowest BCUT2D eigenvalue weighted by molar-refractivity contribution is -0.131. The molecule has 0 saturated carbocycles. The van der Waals surface area contributed by atoms with Crippen molar-refractivity contribution >= 4 is 24.7 Å². The molecule has 0 aliphatic rings. The van der Waals surface area contributed by atoms with Crippen molar-refractivity contribution in [2.45, 2.75) is 0 Å². The first-order chi connectivity index (χ1) is 9.47. The third-order valence-corrected chi connectivity index (χ3v) is 2.85. The van der Waals surface area contributed by atoms with Crippen LogP contribution in [0.15, 0.2) is 30.3 Å². The average molecular weight is 270 g/mol. The fraction of sp³-hybridized carbons (Fsp3) is 0.0667. The van der Waals surface area contributed by atoms with Crippen molar-refractivity contribution in [2.24, 2.45) is 7.05 Å². The summed E-state index contributed by atoms with van der Waals surface area (Å²) >= 11 is 0. The first-order valence-electron chi connectivity index (χ1n) is 5.91. The Morgan fingerprint density at radius 3 is 2.60 bits per heavy atom. The summed E-state index contributed by atoms with van der Waals surface area (Å²) in [6.07, 6.45) is 4.27. The van der Waals surface area contributed by atoms with Gasteiger partial charge in [-0.3, -0.25) is 0 Å². The highest BCUT2D eigenvalue weighted by molar-refractivity contribution is 5.84. The molecule has 102 valence electrons. The van der Waals surface area contributed by atoms with Crippen LogP contribution in [-0.2, 0) is 11.8 Å². The van der Waals surface area contributed by atoms with Gasteiger partial charge >= 0.3 is 5.97 Å². The Hall–Kier alpha value is -2.82.